The summed E-state index contributed by atoms with van der Waals surface area (Å²) in [6, 6.07) is 11.5. The van der Waals surface area contributed by atoms with Gasteiger partial charge in [0.25, 0.3) is 5.91 Å². The van der Waals surface area contributed by atoms with E-state index >= 15 is 0 Å². The van der Waals surface area contributed by atoms with Crippen LogP contribution in [0.4, 0.5) is 4.39 Å². The van der Waals surface area contributed by atoms with E-state index in [9.17, 15) is 9.18 Å². The van der Waals surface area contributed by atoms with Gasteiger partial charge in [-0.15, -0.1) is 0 Å². The van der Waals surface area contributed by atoms with E-state index in [0.717, 1.165) is 22.5 Å². The lowest BCUT2D eigenvalue weighted by Crippen LogP contribution is -2.32. The number of carbonyl (C=O) groups is 1. The van der Waals surface area contributed by atoms with Crippen LogP contribution in [0.15, 0.2) is 65.7 Å². The Morgan fingerprint density at radius 3 is 2.70 bits per heavy atom. The van der Waals surface area contributed by atoms with E-state index in [0.29, 0.717) is 17.4 Å². The molecule has 1 fully saturated rings. The molecule has 2 heterocycles. The number of halogens is 1. The fourth-order valence-corrected chi connectivity index (χ4v) is 3.50. The van der Waals surface area contributed by atoms with E-state index in [2.05, 4.69) is 15.3 Å². The third-order valence-electron chi connectivity index (χ3n) is 5.10. The first kappa shape index (κ1) is 22.2. The minimum atomic E-state index is -0.345. The maximum Gasteiger partial charge on any atom is 0.277 e. The summed E-state index contributed by atoms with van der Waals surface area (Å²) in [4.78, 5) is 23.1. The number of hydrogen-bond acceptors (Lipinski definition) is 5. The Morgan fingerprint density at radius 2 is 2.03 bits per heavy atom. The molecule has 1 aliphatic rings. The highest BCUT2D eigenvalue weighted by atomic mass is 19.1. The monoisotopic (exact) mass is 449 g/mol. The lowest BCUT2D eigenvalue weighted by atomic mass is 10.1. The molecule has 8 nitrogen and oxygen atoms in total. The van der Waals surface area contributed by atoms with Crippen LogP contribution >= 0.6 is 0 Å². The normalized spacial score (nSPS) is 16.0. The number of aliphatic hydroxyl groups is 1. The molecule has 3 aromatic rings. The summed E-state index contributed by atoms with van der Waals surface area (Å²) in [5, 5.41) is 12.2. The first-order valence-electron chi connectivity index (χ1n) is 10.4. The van der Waals surface area contributed by atoms with Gasteiger partial charge in [0.15, 0.2) is 0 Å². The summed E-state index contributed by atoms with van der Waals surface area (Å²) in [5.74, 6) is 0.346. The van der Waals surface area contributed by atoms with Gasteiger partial charge in [-0.2, -0.15) is 0 Å². The van der Waals surface area contributed by atoms with E-state index in [4.69, 9.17) is 9.84 Å². The lowest BCUT2D eigenvalue weighted by molar-refractivity contribution is -0.122. The van der Waals surface area contributed by atoms with Gasteiger partial charge in [0.05, 0.1) is 44.5 Å². The summed E-state index contributed by atoms with van der Waals surface area (Å²) >= 11 is 0. The number of aliphatic imine (C=N–C) groups is 1. The Balaban J connectivity index is 1.63. The highest BCUT2D eigenvalue weighted by molar-refractivity contribution is 6.15. The van der Waals surface area contributed by atoms with Crippen molar-refractivity contribution >= 4 is 17.9 Å². The number of aliphatic hydroxyl groups excluding tert-OH is 1. The van der Waals surface area contributed by atoms with Crippen LogP contribution < -0.4 is 10.1 Å². The molecule has 0 aliphatic carbocycles. The van der Waals surface area contributed by atoms with Crippen LogP contribution in [-0.4, -0.2) is 51.7 Å². The molecule has 170 valence electrons. The number of methoxy groups -OCH3 is 1. The smallest absolute Gasteiger partial charge is 0.277 e. The van der Waals surface area contributed by atoms with Gasteiger partial charge in [-0.3, -0.25) is 14.7 Å². The maximum atomic E-state index is 13.3. The number of imidazole rings is 1. The molecule has 4 rings (SSSR count). The lowest BCUT2D eigenvalue weighted by Gasteiger charge is -2.15. The number of ether oxygens (including phenoxy) is 1. The second kappa shape index (κ2) is 9.66. The van der Waals surface area contributed by atoms with Crippen molar-refractivity contribution in [1.82, 2.24) is 19.8 Å². The number of benzene rings is 2. The number of nitrogens with one attached hydrogen (secondary N) is 1. The standard InChI is InChI=1S/C24H24FN5O3/c1-16-13-29(15-27-16)21-8-5-18(12-22(21)33-2)11-20-23(32)30(24(28-20)26-9-10-31)14-17-3-6-19(25)7-4-17/h3-8,11-13,15,31H,9-10,14H2,1-2H3,(H,26,28). The zero-order chi connectivity index (χ0) is 23.4. The molecule has 0 atom stereocenters. The van der Waals surface area contributed by atoms with Crippen molar-refractivity contribution in [3.8, 4) is 11.4 Å². The topological polar surface area (TPSA) is 92.0 Å². The Bertz CT molecular complexity index is 1220. The first-order chi connectivity index (χ1) is 16.0. The van der Waals surface area contributed by atoms with E-state index in [1.165, 1.54) is 17.0 Å². The van der Waals surface area contributed by atoms with Crippen LogP contribution in [0.1, 0.15) is 16.8 Å². The maximum absolute atomic E-state index is 13.3. The zero-order valence-corrected chi connectivity index (χ0v) is 18.3. The van der Waals surface area contributed by atoms with E-state index in [1.54, 1.807) is 31.6 Å². The quantitative estimate of drug-likeness (QED) is 0.541. The van der Waals surface area contributed by atoms with Gasteiger partial charge in [-0.05, 0) is 48.4 Å². The third-order valence-corrected chi connectivity index (χ3v) is 5.10. The molecule has 33 heavy (non-hydrogen) atoms. The van der Waals surface area contributed by atoms with Crippen molar-refractivity contribution in [3.63, 3.8) is 0 Å². The van der Waals surface area contributed by atoms with Crippen molar-refractivity contribution in [1.29, 1.82) is 0 Å². The van der Waals surface area contributed by atoms with Gasteiger partial charge in [0.2, 0.25) is 5.96 Å². The highest BCUT2D eigenvalue weighted by Crippen LogP contribution is 2.26. The molecule has 1 aromatic heterocycles. The molecular weight excluding hydrogens is 425 g/mol. The molecule has 0 bridgehead atoms. The van der Waals surface area contributed by atoms with Crippen LogP contribution in [0.2, 0.25) is 0 Å². The van der Waals surface area contributed by atoms with Gasteiger partial charge in [-0.25, -0.2) is 9.37 Å². The molecule has 0 unspecified atom stereocenters. The number of aryl methyl sites for hydroxylation is 1. The fraction of sp³-hybridized carbons (Fsp3) is 0.208. The predicted octanol–water partition coefficient (Wildman–Crippen LogP) is 2.65. The number of nitrogens with zero attached hydrogens (tertiary/aromatic N) is 4. The van der Waals surface area contributed by atoms with Crippen molar-refractivity contribution in [2.75, 3.05) is 20.3 Å². The Kier molecular flexibility index (Phi) is 6.50. The molecule has 0 radical (unpaired) electrons. The Morgan fingerprint density at radius 1 is 1.24 bits per heavy atom. The number of hydrogen-bond donors (Lipinski definition) is 2. The van der Waals surface area contributed by atoms with Gasteiger partial charge in [0, 0.05) is 6.20 Å². The van der Waals surface area contributed by atoms with Gasteiger partial charge < -0.3 is 19.7 Å². The summed E-state index contributed by atoms with van der Waals surface area (Å²) in [7, 11) is 1.59. The molecule has 2 N–H and O–H groups in total. The van der Waals surface area contributed by atoms with E-state index < -0.39 is 0 Å². The number of rotatable bonds is 7. The Labute approximate surface area is 190 Å². The summed E-state index contributed by atoms with van der Waals surface area (Å²) < 4.78 is 20.7. The highest BCUT2D eigenvalue weighted by Gasteiger charge is 2.32. The van der Waals surface area contributed by atoms with Gasteiger partial charge in [0.1, 0.15) is 17.3 Å². The second-order valence-corrected chi connectivity index (χ2v) is 7.48. The number of amides is 1. The van der Waals surface area contributed by atoms with Crippen molar-refractivity contribution in [3.05, 3.63) is 83.3 Å². The number of carbonyl (C=O) groups excluding carboxylic acids is 1. The summed E-state index contributed by atoms with van der Waals surface area (Å²) in [6.07, 6.45) is 5.33. The number of guanidine groups is 1. The average molecular weight is 449 g/mol. The second-order valence-electron chi connectivity index (χ2n) is 7.48. The summed E-state index contributed by atoms with van der Waals surface area (Å²) in [6.45, 7) is 2.13. The molecule has 1 amide bonds. The van der Waals surface area contributed by atoms with E-state index in [1.807, 2.05) is 35.9 Å². The SMILES string of the molecule is COc1cc(C=C2NC(=NCCO)N(Cc3ccc(F)cc3)C2=O)ccc1-n1cnc(C)c1. The molecule has 1 saturated heterocycles. The third kappa shape index (κ3) is 4.93. The zero-order valence-electron chi connectivity index (χ0n) is 18.3. The minimum Gasteiger partial charge on any atom is -0.495 e. The Hall–Kier alpha value is -3.98. The average Bonchev–Trinajstić information content (AvgIpc) is 3.37. The minimum absolute atomic E-state index is 0.144. The predicted molar refractivity (Wildman–Crippen MR) is 122 cm³/mol. The van der Waals surface area contributed by atoms with Crippen LogP contribution in [0.5, 0.6) is 5.75 Å². The van der Waals surface area contributed by atoms with Crippen molar-refractivity contribution in [2.24, 2.45) is 4.99 Å². The van der Waals surface area contributed by atoms with Crippen molar-refractivity contribution < 1.29 is 19.0 Å². The van der Waals surface area contributed by atoms with Gasteiger partial charge in [-0.1, -0.05) is 18.2 Å². The van der Waals surface area contributed by atoms with Crippen molar-refractivity contribution in [2.45, 2.75) is 13.5 Å². The molecule has 1 aliphatic heterocycles. The molecular formula is C24H24FN5O3. The molecule has 0 spiro atoms. The summed E-state index contributed by atoms with van der Waals surface area (Å²) in [5.41, 5.74) is 3.57. The van der Waals surface area contributed by atoms with Crippen LogP contribution in [0.3, 0.4) is 0 Å². The number of aromatic nitrogens is 2. The molecule has 2 aromatic carbocycles. The molecule has 0 saturated carbocycles. The fourth-order valence-electron chi connectivity index (χ4n) is 3.50. The first-order valence-corrected chi connectivity index (χ1v) is 10.4. The molecule has 9 heteroatoms. The van der Waals surface area contributed by atoms with Crippen LogP contribution in [0, 0.1) is 12.7 Å². The van der Waals surface area contributed by atoms with Crippen LogP contribution in [0.25, 0.3) is 11.8 Å². The van der Waals surface area contributed by atoms with E-state index in [-0.39, 0.29) is 31.4 Å². The van der Waals surface area contributed by atoms with Crippen LogP contribution in [-0.2, 0) is 11.3 Å². The largest absolute Gasteiger partial charge is 0.495 e. The van der Waals surface area contributed by atoms with Gasteiger partial charge >= 0.3 is 0 Å².